The average Bonchev–Trinajstić information content (AvgIpc) is 2.85. The Kier molecular flexibility index (Phi) is 3.52. The van der Waals surface area contributed by atoms with E-state index < -0.39 is 0 Å². The van der Waals surface area contributed by atoms with Gasteiger partial charge in [0.1, 0.15) is 0 Å². The summed E-state index contributed by atoms with van der Waals surface area (Å²) in [5.41, 5.74) is 2.20. The van der Waals surface area contributed by atoms with Gasteiger partial charge in [0.15, 0.2) is 0 Å². The summed E-state index contributed by atoms with van der Waals surface area (Å²) >= 11 is 3.53. The zero-order chi connectivity index (χ0) is 12.4. The van der Waals surface area contributed by atoms with Crippen LogP contribution in [0.2, 0.25) is 0 Å². The van der Waals surface area contributed by atoms with Crippen molar-refractivity contribution in [3.05, 3.63) is 22.8 Å². The molecule has 3 rings (SSSR count). The van der Waals surface area contributed by atoms with Crippen LogP contribution < -0.4 is 10.6 Å². The lowest BCUT2D eigenvalue weighted by Gasteiger charge is -2.24. The van der Waals surface area contributed by atoms with Gasteiger partial charge in [-0.1, -0.05) is 22.4 Å². The number of aromatic amines is 1. The van der Waals surface area contributed by atoms with Crippen LogP contribution in [0.3, 0.4) is 0 Å². The van der Waals surface area contributed by atoms with Gasteiger partial charge in [-0.05, 0) is 31.5 Å². The molecule has 1 aromatic heterocycles. The minimum Gasteiger partial charge on any atom is -0.383 e. The Morgan fingerprint density at radius 2 is 2.33 bits per heavy atom. The first-order valence-corrected chi connectivity index (χ1v) is 7.22. The lowest BCUT2D eigenvalue weighted by molar-refractivity contribution is 0.414. The number of halogens is 1. The van der Waals surface area contributed by atoms with Gasteiger partial charge in [0.05, 0.1) is 11.7 Å². The van der Waals surface area contributed by atoms with Crippen molar-refractivity contribution < 1.29 is 0 Å². The average molecular weight is 309 g/mol. The quantitative estimate of drug-likeness (QED) is 0.817. The van der Waals surface area contributed by atoms with Crippen molar-refractivity contribution in [1.82, 2.24) is 15.5 Å². The van der Waals surface area contributed by atoms with Crippen molar-refractivity contribution in [2.24, 2.45) is 0 Å². The van der Waals surface area contributed by atoms with Gasteiger partial charge in [0.25, 0.3) is 0 Å². The van der Waals surface area contributed by atoms with E-state index in [4.69, 9.17) is 0 Å². The third kappa shape index (κ3) is 2.52. The van der Waals surface area contributed by atoms with E-state index in [9.17, 15) is 0 Å². The van der Waals surface area contributed by atoms with Crippen molar-refractivity contribution in [3.63, 3.8) is 0 Å². The van der Waals surface area contributed by atoms with Crippen molar-refractivity contribution in [2.75, 3.05) is 18.4 Å². The second-order valence-corrected chi connectivity index (χ2v) is 5.73. The van der Waals surface area contributed by atoms with Crippen LogP contribution in [0.1, 0.15) is 19.3 Å². The van der Waals surface area contributed by atoms with Gasteiger partial charge in [0.2, 0.25) is 0 Å². The molecule has 18 heavy (non-hydrogen) atoms. The molecule has 1 aliphatic heterocycles. The fourth-order valence-electron chi connectivity index (χ4n) is 2.49. The van der Waals surface area contributed by atoms with E-state index in [1.807, 2.05) is 12.3 Å². The molecule has 1 atom stereocenters. The molecule has 1 saturated heterocycles. The van der Waals surface area contributed by atoms with E-state index in [-0.39, 0.29) is 0 Å². The van der Waals surface area contributed by atoms with Crippen LogP contribution >= 0.6 is 15.9 Å². The summed E-state index contributed by atoms with van der Waals surface area (Å²) in [7, 11) is 0. The first-order chi connectivity index (χ1) is 8.83. The van der Waals surface area contributed by atoms with E-state index in [0.29, 0.717) is 6.04 Å². The fraction of sp³-hybridized carbons (Fsp3) is 0.462. The van der Waals surface area contributed by atoms with Gasteiger partial charge in [-0.3, -0.25) is 5.10 Å². The van der Waals surface area contributed by atoms with E-state index in [0.717, 1.165) is 34.2 Å². The monoisotopic (exact) mass is 308 g/mol. The molecule has 0 bridgehead atoms. The van der Waals surface area contributed by atoms with Crippen LogP contribution in [0.15, 0.2) is 22.8 Å². The minimum atomic E-state index is 0.583. The topological polar surface area (TPSA) is 52.7 Å². The largest absolute Gasteiger partial charge is 0.383 e. The predicted molar refractivity (Wildman–Crippen MR) is 77.9 cm³/mol. The van der Waals surface area contributed by atoms with Crippen molar-refractivity contribution >= 4 is 32.5 Å². The number of rotatable bonds is 3. The Hall–Kier alpha value is -1.07. The normalized spacial score (nSPS) is 20.2. The second-order valence-electron chi connectivity index (χ2n) is 4.81. The highest BCUT2D eigenvalue weighted by molar-refractivity contribution is 9.10. The number of anilines is 1. The number of H-pyrrole nitrogens is 1. The van der Waals surface area contributed by atoms with Gasteiger partial charge in [0, 0.05) is 28.1 Å². The third-order valence-corrected chi connectivity index (χ3v) is 3.93. The van der Waals surface area contributed by atoms with Gasteiger partial charge >= 0.3 is 0 Å². The van der Waals surface area contributed by atoms with Gasteiger partial charge < -0.3 is 10.6 Å². The molecule has 2 heterocycles. The maximum atomic E-state index is 4.10. The predicted octanol–water partition coefficient (Wildman–Crippen LogP) is 2.88. The standard InChI is InChI=1S/C13H17BrN4/c14-9-5-12(11-8-17-18-13(11)6-9)16-7-10-3-1-2-4-15-10/h5-6,8,10,15-16H,1-4,7H2,(H,17,18)/t10-/m1/s1. The van der Waals surface area contributed by atoms with Gasteiger partial charge in [-0.25, -0.2) is 0 Å². The molecule has 0 aliphatic carbocycles. The van der Waals surface area contributed by atoms with Crippen LogP contribution in [0.5, 0.6) is 0 Å². The van der Waals surface area contributed by atoms with Crippen LogP contribution in [-0.2, 0) is 0 Å². The molecule has 1 aromatic carbocycles. The Morgan fingerprint density at radius 3 is 3.17 bits per heavy atom. The molecule has 0 spiro atoms. The molecule has 1 fully saturated rings. The molecule has 5 heteroatoms. The summed E-state index contributed by atoms with van der Waals surface area (Å²) < 4.78 is 1.07. The number of nitrogens with one attached hydrogen (secondary N) is 3. The summed E-state index contributed by atoms with van der Waals surface area (Å²) in [6.07, 6.45) is 5.77. The summed E-state index contributed by atoms with van der Waals surface area (Å²) in [5, 5.41) is 15.3. The Labute approximate surface area is 115 Å². The van der Waals surface area contributed by atoms with E-state index in [2.05, 4.69) is 42.8 Å². The number of aromatic nitrogens is 2. The van der Waals surface area contributed by atoms with Crippen molar-refractivity contribution in [1.29, 1.82) is 0 Å². The smallest absolute Gasteiger partial charge is 0.0682 e. The molecule has 0 saturated carbocycles. The molecule has 0 radical (unpaired) electrons. The first kappa shape index (κ1) is 12.0. The summed E-state index contributed by atoms with van der Waals surface area (Å²) in [5.74, 6) is 0. The lowest BCUT2D eigenvalue weighted by Crippen LogP contribution is -2.39. The van der Waals surface area contributed by atoms with Crippen molar-refractivity contribution in [2.45, 2.75) is 25.3 Å². The summed E-state index contributed by atoms with van der Waals surface area (Å²) in [4.78, 5) is 0. The number of benzene rings is 1. The highest BCUT2D eigenvalue weighted by atomic mass is 79.9. The number of hydrogen-bond acceptors (Lipinski definition) is 3. The van der Waals surface area contributed by atoms with Gasteiger partial charge in [-0.15, -0.1) is 0 Å². The summed E-state index contributed by atoms with van der Waals surface area (Å²) in [6, 6.07) is 4.74. The molecule has 0 unspecified atom stereocenters. The Morgan fingerprint density at radius 1 is 1.39 bits per heavy atom. The first-order valence-electron chi connectivity index (χ1n) is 6.43. The number of hydrogen-bond donors (Lipinski definition) is 3. The van der Waals surface area contributed by atoms with E-state index >= 15 is 0 Å². The minimum absolute atomic E-state index is 0.583. The van der Waals surface area contributed by atoms with Crippen LogP contribution in [0, 0.1) is 0 Å². The summed E-state index contributed by atoms with van der Waals surface area (Å²) in [6.45, 7) is 2.11. The molecular weight excluding hydrogens is 292 g/mol. The molecule has 96 valence electrons. The van der Waals surface area contributed by atoms with Crippen LogP contribution in [-0.4, -0.2) is 29.3 Å². The maximum Gasteiger partial charge on any atom is 0.0682 e. The highest BCUT2D eigenvalue weighted by Gasteiger charge is 2.13. The van der Waals surface area contributed by atoms with E-state index in [1.54, 1.807) is 0 Å². The third-order valence-electron chi connectivity index (χ3n) is 3.47. The zero-order valence-corrected chi connectivity index (χ0v) is 11.8. The molecular formula is C13H17BrN4. The van der Waals surface area contributed by atoms with Crippen LogP contribution in [0.4, 0.5) is 5.69 Å². The molecule has 4 nitrogen and oxygen atoms in total. The Balaban J connectivity index is 1.75. The van der Waals surface area contributed by atoms with Crippen molar-refractivity contribution in [3.8, 4) is 0 Å². The highest BCUT2D eigenvalue weighted by Crippen LogP contribution is 2.26. The fourth-order valence-corrected chi connectivity index (χ4v) is 2.95. The maximum absolute atomic E-state index is 4.10. The Bertz CT molecular complexity index is 531. The molecule has 2 aromatic rings. The zero-order valence-electron chi connectivity index (χ0n) is 10.2. The second kappa shape index (κ2) is 5.28. The van der Waals surface area contributed by atoms with Crippen LogP contribution in [0.25, 0.3) is 10.9 Å². The number of fused-ring (bicyclic) bond motifs is 1. The molecule has 1 aliphatic rings. The molecule has 3 N–H and O–H groups in total. The van der Waals surface area contributed by atoms with Gasteiger partial charge in [-0.2, -0.15) is 5.10 Å². The number of piperidine rings is 1. The number of nitrogens with zero attached hydrogens (tertiary/aromatic N) is 1. The van der Waals surface area contributed by atoms with E-state index in [1.165, 1.54) is 19.3 Å². The SMILES string of the molecule is Brc1cc(NC[C@H]2CCCCN2)c2cn[nH]c2c1. The molecule has 0 amide bonds. The lowest BCUT2D eigenvalue weighted by atomic mass is 10.0.